The highest BCUT2D eigenvalue weighted by molar-refractivity contribution is 6.05. The van der Waals surface area contributed by atoms with E-state index in [0.29, 0.717) is 22.5 Å². The van der Waals surface area contributed by atoms with Gasteiger partial charge in [-0.2, -0.15) is 8.78 Å². The number of aromatic nitrogens is 5. The van der Waals surface area contributed by atoms with Gasteiger partial charge in [-0.3, -0.25) is 24.6 Å². The number of piperazine rings is 1. The Morgan fingerprint density at radius 2 is 1.70 bits per heavy atom. The van der Waals surface area contributed by atoms with Crippen LogP contribution in [0.2, 0.25) is 0 Å². The van der Waals surface area contributed by atoms with Gasteiger partial charge in [-0.25, -0.2) is 38.0 Å². The second-order valence-corrected chi connectivity index (χ2v) is 14.7. The molecule has 57 heavy (non-hydrogen) atoms. The Labute approximate surface area is 322 Å². The zero-order valence-electron chi connectivity index (χ0n) is 31.1. The van der Waals surface area contributed by atoms with Crippen LogP contribution in [0.25, 0.3) is 22.3 Å². The highest BCUT2D eigenvalue weighted by Crippen LogP contribution is 2.35. The number of amides is 3. The minimum Gasteiger partial charge on any atom is -0.326 e. The van der Waals surface area contributed by atoms with Crippen molar-refractivity contribution in [2.24, 2.45) is 0 Å². The average molecular weight is 789 g/mol. The molecule has 3 amide bonds. The quantitative estimate of drug-likeness (QED) is 0.111. The van der Waals surface area contributed by atoms with Crippen LogP contribution in [0.1, 0.15) is 65.6 Å². The lowest BCUT2D eigenvalue weighted by Crippen LogP contribution is -2.52. The van der Waals surface area contributed by atoms with Gasteiger partial charge < -0.3 is 14.8 Å². The first kappa shape index (κ1) is 38.0. The van der Waals surface area contributed by atoms with Crippen LogP contribution in [-0.2, 0) is 28.7 Å². The average Bonchev–Trinajstić information content (AvgIpc) is 3.68. The molecule has 296 valence electrons. The number of pyridine rings is 1. The second kappa shape index (κ2) is 14.6. The van der Waals surface area contributed by atoms with E-state index in [4.69, 9.17) is 0 Å². The van der Waals surface area contributed by atoms with E-state index in [1.54, 1.807) is 19.1 Å². The fraction of sp³-hybridized carbons (Fsp3) is 0.359. The molecule has 0 saturated carbocycles. The minimum atomic E-state index is -3.39. The summed E-state index contributed by atoms with van der Waals surface area (Å²) in [5.74, 6) is -2.84. The third-order valence-corrected chi connectivity index (χ3v) is 10.7. The summed E-state index contributed by atoms with van der Waals surface area (Å²) in [5.41, 5.74) is 1.30. The van der Waals surface area contributed by atoms with Crippen molar-refractivity contribution < 1.29 is 36.3 Å². The van der Waals surface area contributed by atoms with Crippen LogP contribution < -0.4 is 10.6 Å². The third kappa shape index (κ3) is 7.07. The number of hydrogen-bond donors (Lipinski definition) is 2. The first-order valence-electron chi connectivity index (χ1n) is 18.4. The number of imidazole rings is 1. The molecule has 3 aliphatic heterocycles. The molecule has 0 spiro atoms. The van der Waals surface area contributed by atoms with Crippen molar-refractivity contribution in [3.63, 3.8) is 0 Å². The third-order valence-electron chi connectivity index (χ3n) is 10.7. The first-order valence-corrected chi connectivity index (χ1v) is 18.4. The fourth-order valence-electron chi connectivity index (χ4n) is 7.82. The van der Waals surface area contributed by atoms with Crippen LogP contribution >= 0.6 is 0 Å². The number of halogens is 5. The largest absolute Gasteiger partial charge is 0.333 e. The van der Waals surface area contributed by atoms with Gasteiger partial charge in [0.05, 0.1) is 17.3 Å². The summed E-state index contributed by atoms with van der Waals surface area (Å²) < 4.78 is 78.7. The van der Waals surface area contributed by atoms with Crippen LogP contribution in [0.3, 0.4) is 0 Å². The monoisotopic (exact) mass is 788 g/mol. The van der Waals surface area contributed by atoms with E-state index in [-0.39, 0.29) is 97.8 Å². The van der Waals surface area contributed by atoms with Crippen LogP contribution in [-0.4, -0.2) is 89.1 Å². The molecule has 2 N–H and O–H groups in total. The zero-order valence-corrected chi connectivity index (χ0v) is 31.1. The predicted octanol–water partition coefficient (Wildman–Crippen LogP) is 5.57. The van der Waals surface area contributed by atoms with Gasteiger partial charge in [-0.1, -0.05) is 0 Å². The van der Waals surface area contributed by atoms with E-state index in [1.807, 2.05) is 23.3 Å². The number of anilines is 2. The molecule has 1 unspecified atom stereocenters. The molecule has 0 aliphatic carbocycles. The van der Waals surface area contributed by atoms with Crippen molar-refractivity contribution in [3.05, 3.63) is 94.3 Å². The Morgan fingerprint density at radius 1 is 0.930 bits per heavy atom. The SMILES string of the molecule is Cc1nc2c(F)cc(-c3nc(Nc4ccc(C(F)(F)N5CCN(Cc6cc7c(cc6F)C(=O)N(C6CCC(=O)NC6=O)C7)CC5)cn4)ncc3F)cc2n1C(C)C. The number of piperidine rings is 1. The van der Waals surface area contributed by atoms with Crippen molar-refractivity contribution in [1.82, 2.24) is 44.5 Å². The summed E-state index contributed by atoms with van der Waals surface area (Å²) in [7, 11) is 0. The molecule has 3 aliphatic rings. The zero-order chi connectivity index (χ0) is 40.3. The van der Waals surface area contributed by atoms with E-state index < -0.39 is 47.3 Å². The van der Waals surface area contributed by atoms with E-state index in [2.05, 4.69) is 30.6 Å². The Hall–Kier alpha value is -5.88. The van der Waals surface area contributed by atoms with E-state index in [0.717, 1.165) is 29.4 Å². The highest BCUT2D eigenvalue weighted by Gasteiger charge is 2.42. The summed E-state index contributed by atoms with van der Waals surface area (Å²) >= 11 is 0. The topological polar surface area (TPSA) is 141 Å². The molecule has 6 heterocycles. The Morgan fingerprint density at radius 3 is 2.40 bits per heavy atom. The number of nitrogens with one attached hydrogen (secondary N) is 2. The Kier molecular flexibility index (Phi) is 9.71. The lowest BCUT2D eigenvalue weighted by Gasteiger charge is -2.38. The second-order valence-electron chi connectivity index (χ2n) is 14.7. The molecular formula is C39H37F5N10O3. The molecule has 3 aromatic heterocycles. The van der Waals surface area contributed by atoms with E-state index >= 15 is 22.0 Å². The van der Waals surface area contributed by atoms with Gasteiger partial charge in [0, 0.05) is 74.6 Å². The van der Waals surface area contributed by atoms with Gasteiger partial charge in [-0.15, -0.1) is 0 Å². The molecule has 0 radical (unpaired) electrons. The predicted molar refractivity (Wildman–Crippen MR) is 197 cm³/mol. The van der Waals surface area contributed by atoms with Gasteiger partial charge in [0.15, 0.2) is 11.6 Å². The van der Waals surface area contributed by atoms with Gasteiger partial charge in [-0.05, 0) is 69.2 Å². The van der Waals surface area contributed by atoms with E-state index in [1.165, 1.54) is 17.0 Å². The number of hydrogen-bond acceptors (Lipinski definition) is 10. The first-order chi connectivity index (χ1) is 27.2. The molecular weight excluding hydrogens is 751 g/mol. The molecule has 2 aromatic carbocycles. The maximum Gasteiger partial charge on any atom is 0.333 e. The molecule has 8 rings (SSSR count). The maximum atomic E-state index is 15.8. The molecule has 2 fully saturated rings. The van der Waals surface area contributed by atoms with Gasteiger partial charge in [0.1, 0.15) is 34.7 Å². The van der Waals surface area contributed by atoms with Crippen molar-refractivity contribution in [3.8, 4) is 11.3 Å². The van der Waals surface area contributed by atoms with Crippen LogP contribution in [0, 0.1) is 24.4 Å². The molecule has 0 bridgehead atoms. The number of carbonyl (C=O) groups is 3. The number of imide groups is 1. The van der Waals surface area contributed by atoms with Gasteiger partial charge >= 0.3 is 6.05 Å². The van der Waals surface area contributed by atoms with Crippen molar-refractivity contribution in [2.75, 3.05) is 31.5 Å². The number of aryl methyl sites for hydroxylation is 1. The number of rotatable bonds is 9. The maximum absolute atomic E-state index is 15.8. The van der Waals surface area contributed by atoms with Gasteiger partial charge in [0.2, 0.25) is 17.8 Å². The molecule has 5 aromatic rings. The summed E-state index contributed by atoms with van der Waals surface area (Å²) in [5, 5.41) is 5.04. The number of alkyl halides is 2. The normalized spacial score (nSPS) is 18.2. The van der Waals surface area contributed by atoms with Crippen molar-refractivity contribution >= 4 is 40.5 Å². The molecule has 1 atom stereocenters. The standard InChI is InChI=1S/C39H37F5N10O3/c1-20(2)54-21(3)47-35-28(41)13-22(14-31(35)54)34-29(42)17-46-38(50-34)48-32-6-4-25(16-45-32)39(43,44)52-10-8-51(9-11-52)18-24-12-23-19-53(37(57)26(23)15-27(24)40)30-5-7-33(55)49-36(30)56/h4,6,12-17,20,30H,5,7-11,18-19H2,1-3H3,(H,49,55,56)(H,45,46,48,50). The molecule has 2 saturated heterocycles. The summed E-state index contributed by atoms with van der Waals surface area (Å²) in [6.07, 6.45) is 2.24. The van der Waals surface area contributed by atoms with Crippen molar-refractivity contribution in [1.29, 1.82) is 0 Å². The molecule has 18 heteroatoms. The molecule has 13 nitrogen and oxygen atoms in total. The number of benzene rings is 2. The van der Waals surface area contributed by atoms with Gasteiger partial charge in [0.25, 0.3) is 5.91 Å². The highest BCUT2D eigenvalue weighted by atomic mass is 19.3. The summed E-state index contributed by atoms with van der Waals surface area (Å²) in [6, 6.07) is 3.78. The lowest BCUT2D eigenvalue weighted by molar-refractivity contribution is -0.168. The van der Waals surface area contributed by atoms with Crippen LogP contribution in [0.5, 0.6) is 0 Å². The van der Waals surface area contributed by atoms with Crippen LogP contribution in [0.15, 0.2) is 48.8 Å². The number of fused-ring (bicyclic) bond motifs is 2. The lowest BCUT2D eigenvalue weighted by atomic mass is 10.0. The fourth-order valence-corrected chi connectivity index (χ4v) is 7.82. The minimum absolute atomic E-state index is 0.0303. The smallest absolute Gasteiger partial charge is 0.326 e. The summed E-state index contributed by atoms with van der Waals surface area (Å²) in [4.78, 5) is 57.8. The Bertz CT molecular complexity index is 2430. The number of nitrogens with zero attached hydrogens (tertiary/aromatic N) is 8. The van der Waals surface area contributed by atoms with Crippen molar-refractivity contribution in [2.45, 2.75) is 64.8 Å². The number of carbonyl (C=O) groups excluding carboxylic acids is 3. The van der Waals surface area contributed by atoms with Crippen LogP contribution in [0.4, 0.5) is 33.7 Å². The van der Waals surface area contributed by atoms with E-state index in [9.17, 15) is 14.4 Å². The summed E-state index contributed by atoms with van der Waals surface area (Å²) in [6.45, 7) is 6.20. The Balaban J connectivity index is 0.902.